The summed E-state index contributed by atoms with van der Waals surface area (Å²) >= 11 is 0. The average Bonchev–Trinajstić information content (AvgIpc) is 3.12. The van der Waals surface area contributed by atoms with Gasteiger partial charge in [-0.25, -0.2) is 4.79 Å². The molecule has 0 saturated carbocycles. The van der Waals surface area contributed by atoms with Gasteiger partial charge < -0.3 is 18.9 Å². The molecular formula is C20H18O6. The molecule has 1 aliphatic rings. The van der Waals surface area contributed by atoms with Gasteiger partial charge in [-0.3, -0.25) is 4.79 Å². The van der Waals surface area contributed by atoms with E-state index in [1.54, 1.807) is 43.5 Å². The number of aryl methyl sites for hydroxylation is 1. The van der Waals surface area contributed by atoms with Gasteiger partial charge in [0.15, 0.2) is 17.3 Å². The Morgan fingerprint density at radius 1 is 1.00 bits per heavy atom. The zero-order chi connectivity index (χ0) is 18.7. The van der Waals surface area contributed by atoms with Crippen LogP contribution in [0.2, 0.25) is 0 Å². The summed E-state index contributed by atoms with van der Waals surface area (Å²) in [6, 6.07) is 10.1. The van der Waals surface area contributed by atoms with Crippen LogP contribution in [0.5, 0.6) is 17.2 Å². The molecule has 0 bridgehead atoms. The standard InChI is InChI=1S/C20H18O6/c1-12-8-14(5-6-17(12)23-2)16(21)10-15(20(22)24-3)13-4-7-18-19(9-13)26-11-25-18/h4-10H,11H2,1-3H3. The molecule has 0 aromatic heterocycles. The molecule has 2 aromatic carbocycles. The zero-order valence-electron chi connectivity index (χ0n) is 14.7. The predicted octanol–water partition coefficient (Wildman–Crippen LogP) is 3.17. The Morgan fingerprint density at radius 2 is 1.73 bits per heavy atom. The lowest BCUT2D eigenvalue weighted by Gasteiger charge is -2.08. The van der Waals surface area contributed by atoms with E-state index < -0.39 is 5.97 Å². The lowest BCUT2D eigenvalue weighted by atomic mass is 10.0. The van der Waals surface area contributed by atoms with Gasteiger partial charge in [-0.05, 0) is 48.4 Å². The maximum Gasteiger partial charge on any atom is 0.338 e. The first-order chi connectivity index (χ1) is 12.5. The van der Waals surface area contributed by atoms with Crippen molar-refractivity contribution in [1.82, 2.24) is 0 Å². The monoisotopic (exact) mass is 354 g/mol. The van der Waals surface area contributed by atoms with E-state index in [9.17, 15) is 9.59 Å². The first-order valence-corrected chi connectivity index (χ1v) is 7.92. The molecule has 134 valence electrons. The number of hydrogen-bond donors (Lipinski definition) is 0. The third-order valence-corrected chi connectivity index (χ3v) is 4.04. The molecule has 0 atom stereocenters. The molecule has 6 nitrogen and oxygen atoms in total. The van der Waals surface area contributed by atoms with Crippen molar-refractivity contribution in [2.75, 3.05) is 21.0 Å². The highest BCUT2D eigenvalue weighted by molar-refractivity contribution is 6.24. The van der Waals surface area contributed by atoms with Crippen LogP contribution in [-0.2, 0) is 9.53 Å². The molecule has 0 N–H and O–H groups in total. The third kappa shape index (κ3) is 3.39. The van der Waals surface area contributed by atoms with Gasteiger partial charge in [0.05, 0.1) is 19.8 Å². The summed E-state index contributed by atoms with van der Waals surface area (Å²) < 4.78 is 20.6. The summed E-state index contributed by atoms with van der Waals surface area (Å²) in [5.74, 6) is 0.880. The van der Waals surface area contributed by atoms with Gasteiger partial charge in [0.25, 0.3) is 0 Å². The largest absolute Gasteiger partial charge is 0.496 e. The number of ketones is 1. The molecule has 26 heavy (non-hydrogen) atoms. The number of carbonyl (C=O) groups is 2. The number of carbonyl (C=O) groups excluding carboxylic acids is 2. The number of benzene rings is 2. The number of allylic oxidation sites excluding steroid dienone is 1. The molecule has 1 aliphatic heterocycles. The second kappa shape index (κ2) is 7.31. The summed E-state index contributed by atoms with van der Waals surface area (Å²) in [4.78, 5) is 24.9. The normalized spacial score (nSPS) is 12.7. The van der Waals surface area contributed by atoms with E-state index >= 15 is 0 Å². The number of ether oxygens (including phenoxy) is 4. The quantitative estimate of drug-likeness (QED) is 0.467. The summed E-state index contributed by atoms with van der Waals surface area (Å²) in [5, 5.41) is 0. The number of methoxy groups -OCH3 is 2. The third-order valence-electron chi connectivity index (χ3n) is 4.04. The molecule has 0 unspecified atom stereocenters. The SMILES string of the molecule is COC(=O)C(=CC(=O)c1ccc(OC)c(C)c1)c1ccc2c(c1)OCO2. The van der Waals surface area contributed by atoms with Crippen LogP contribution < -0.4 is 14.2 Å². The van der Waals surface area contributed by atoms with Gasteiger partial charge in [0.1, 0.15) is 5.75 Å². The molecule has 0 amide bonds. The maximum atomic E-state index is 12.7. The van der Waals surface area contributed by atoms with E-state index in [0.29, 0.717) is 28.4 Å². The minimum Gasteiger partial charge on any atom is -0.496 e. The first-order valence-electron chi connectivity index (χ1n) is 7.92. The highest BCUT2D eigenvalue weighted by Gasteiger charge is 2.20. The summed E-state index contributed by atoms with van der Waals surface area (Å²) in [5.41, 5.74) is 1.93. The van der Waals surface area contributed by atoms with Gasteiger partial charge in [0.2, 0.25) is 6.79 Å². The minimum atomic E-state index is -0.609. The molecule has 0 radical (unpaired) electrons. The molecule has 0 saturated heterocycles. The van der Waals surface area contributed by atoms with E-state index in [1.165, 1.54) is 13.2 Å². The number of esters is 1. The van der Waals surface area contributed by atoms with Crippen LogP contribution in [0.1, 0.15) is 21.5 Å². The Balaban J connectivity index is 1.98. The first kappa shape index (κ1) is 17.5. The number of fused-ring (bicyclic) bond motifs is 1. The van der Waals surface area contributed by atoms with Crippen LogP contribution in [0.4, 0.5) is 0 Å². The number of rotatable bonds is 5. The summed E-state index contributed by atoms with van der Waals surface area (Å²) in [6.45, 7) is 1.97. The van der Waals surface area contributed by atoms with Crippen LogP contribution in [0.3, 0.4) is 0 Å². The molecule has 2 aromatic rings. The van der Waals surface area contributed by atoms with Gasteiger partial charge in [-0.2, -0.15) is 0 Å². The highest BCUT2D eigenvalue weighted by atomic mass is 16.7. The van der Waals surface area contributed by atoms with E-state index in [2.05, 4.69) is 0 Å². The van der Waals surface area contributed by atoms with E-state index in [1.807, 2.05) is 6.92 Å². The van der Waals surface area contributed by atoms with Crippen molar-refractivity contribution >= 4 is 17.3 Å². The van der Waals surface area contributed by atoms with E-state index in [0.717, 1.165) is 5.56 Å². The summed E-state index contributed by atoms with van der Waals surface area (Å²) in [6.07, 6.45) is 1.27. The Hall–Kier alpha value is -3.28. The molecule has 6 heteroatoms. The molecule has 0 spiro atoms. The molecule has 0 aliphatic carbocycles. The van der Waals surface area contributed by atoms with Crippen molar-refractivity contribution in [2.45, 2.75) is 6.92 Å². The fourth-order valence-corrected chi connectivity index (χ4v) is 2.68. The van der Waals surface area contributed by atoms with Crippen LogP contribution >= 0.6 is 0 Å². The Morgan fingerprint density at radius 3 is 2.42 bits per heavy atom. The smallest absolute Gasteiger partial charge is 0.338 e. The minimum absolute atomic E-state index is 0.125. The van der Waals surface area contributed by atoms with Gasteiger partial charge in [-0.15, -0.1) is 0 Å². The van der Waals surface area contributed by atoms with Crippen molar-refractivity contribution < 1.29 is 28.5 Å². The number of hydrogen-bond acceptors (Lipinski definition) is 6. The second-order valence-corrected chi connectivity index (χ2v) is 5.67. The van der Waals surface area contributed by atoms with Gasteiger partial charge in [0, 0.05) is 11.6 Å². The summed E-state index contributed by atoms with van der Waals surface area (Å²) in [7, 11) is 2.84. The van der Waals surface area contributed by atoms with Gasteiger partial charge in [-0.1, -0.05) is 6.07 Å². The van der Waals surface area contributed by atoms with Crippen LogP contribution in [-0.4, -0.2) is 32.8 Å². The van der Waals surface area contributed by atoms with Crippen molar-refractivity contribution in [3.05, 3.63) is 59.2 Å². The highest BCUT2D eigenvalue weighted by Crippen LogP contribution is 2.34. The average molecular weight is 354 g/mol. The predicted molar refractivity (Wildman–Crippen MR) is 94.6 cm³/mol. The molecular weight excluding hydrogens is 336 g/mol. The fourth-order valence-electron chi connectivity index (χ4n) is 2.68. The lowest BCUT2D eigenvalue weighted by molar-refractivity contribution is -0.133. The van der Waals surface area contributed by atoms with Crippen molar-refractivity contribution in [2.24, 2.45) is 0 Å². The maximum absolute atomic E-state index is 12.7. The van der Waals surface area contributed by atoms with E-state index in [-0.39, 0.29) is 18.1 Å². The topological polar surface area (TPSA) is 71.1 Å². The molecule has 3 rings (SSSR count). The van der Waals surface area contributed by atoms with Crippen molar-refractivity contribution in [1.29, 1.82) is 0 Å². The Bertz CT molecular complexity index is 897. The molecule has 1 heterocycles. The van der Waals surface area contributed by atoms with Crippen LogP contribution in [0, 0.1) is 6.92 Å². The zero-order valence-corrected chi connectivity index (χ0v) is 14.7. The Labute approximate surface area is 150 Å². The van der Waals surface area contributed by atoms with Crippen molar-refractivity contribution in [3.8, 4) is 17.2 Å². The fraction of sp³-hybridized carbons (Fsp3) is 0.200. The second-order valence-electron chi connectivity index (χ2n) is 5.67. The van der Waals surface area contributed by atoms with Gasteiger partial charge >= 0.3 is 5.97 Å². The Kier molecular flexibility index (Phi) is 4.93. The van der Waals surface area contributed by atoms with Crippen LogP contribution in [0.15, 0.2) is 42.5 Å². The van der Waals surface area contributed by atoms with Crippen LogP contribution in [0.25, 0.3) is 5.57 Å². The van der Waals surface area contributed by atoms with E-state index in [4.69, 9.17) is 18.9 Å². The molecule has 0 fully saturated rings. The lowest BCUT2D eigenvalue weighted by Crippen LogP contribution is -2.07. The van der Waals surface area contributed by atoms with Crippen molar-refractivity contribution in [3.63, 3.8) is 0 Å².